The summed E-state index contributed by atoms with van der Waals surface area (Å²) in [6.07, 6.45) is 2.66. The number of nitrogens with one attached hydrogen (secondary N) is 1. The summed E-state index contributed by atoms with van der Waals surface area (Å²) in [7, 11) is -1.49. The van der Waals surface area contributed by atoms with Gasteiger partial charge < -0.3 is 0 Å². The van der Waals surface area contributed by atoms with E-state index in [4.69, 9.17) is 4.18 Å². The summed E-state index contributed by atoms with van der Waals surface area (Å²) in [5.41, 5.74) is 2.98. The van der Waals surface area contributed by atoms with Crippen LogP contribution in [0.2, 0.25) is 0 Å². The van der Waals surface area contributed by atoms with Crippen molar-refractivity contribution >= 4 is 10.1 Å². The molecule has 13 heavy (non-hydrogen) atoms. The molecule has 6 heteroatoms. The van der Waals surface area contributed by atoms with Crippen molar-refractivity contribution in [2.24, 2.45) is 0 Å². The topological polar surface area (TPSA) is 58.6 Å². The molecule has 0 bridgehead atoms. The van der Waals surface area contributed by atoms with E-state index < -0.39 is 10.1 Å². The van der Waals surface area contributed by atoms with Crippen molar-refractivity contribution in [3.05, 3.63) is 0 Å². The highest BCUT2D eigenvalue weighted by Crippen LogP contribution is 2.12. The van der Waals surface area contributed by atoms with Crippen molar-refractivity contribution in [3.63, 3.8) is 0 Å². The van der Waals surface area contributed by atoms with E-state index in [-0.39, 0.29) is 6.10 Å². The molecule has 1 saturated heterocycles. The van der Waals surface area contributed by atoms with Gasteiger partial charge in [-0.1, -0.05) is 0 Å². The summed E-state index contributed by atoms with van der Waals surface area (Å²) in [6.45, 7) is 1.57. The van der Waals surface area contributed by atoms with Crippen LogP contribution in [0.4, 0.5) is 0 Å². The molecule has 1 unspecified atom stereocenters. The van der Waals surface area contributed by atoms with Gasteiger partial charge in [-0.05, 0) is 19.9 Å². The van der Waals surface area contributed by atoms with Crippen LogP contribution < -0.4 is 5.43 Å². The van der Waals surface area contributed by atoms with Crippen molar-refractivity contribution < 1.29 is 12.6 Å². The third-order valence-electron chi connectivity index (χ3n) is 2.01. The molecule has 1 rings (SSSR count). The predicted octanol–water partition coefficient (Wildman–Crippen LogP) is -0.439. The fraction of sp³-hybridized carbons (Fsp3) is 1.00. The van der Waals surface area contributed by atoms with Gasteiger partial charge in [-0.3, -0.25) is 9.61 Å². The fourth-order valence-corrected chi connectivity index (χ4v) is 2.12. The largest absolute Gasteiger partial charge is 0.266 e. The standard InChI is InChI=1S/C7H16N2O3S/c1-8-9-5-3-4-7(6-9)12-13(2,10)11/h7-8H,3-6H2,1-2H3. The fourth-order valence-electron chi connectivity index (χ4n) is 1.47. The lowest BCUT2D eigenvalue weighted by molar-refractivity contribution is 0.0676. The number of piperidine rings is 1. The molecule has 0 amide bonds. The third-order valence-corrected chi connectivity index (χ3v) is 2.63. The molecule has 5 nitrogen and oxygen atoms in total. The van der Waals surface area contributed by atoms with Gasteiger partial charge >= 0.3 is 0 Å². The molecule has 0 saturated carbocycles. The minimum absolute atomic E-state index is 0.198. The van der Waals surface area contributed by atoms with Crippen LogP contribution in [0.3, 0.4) is 0 Å². The first-order valence-electron chi connectivity index (χ1n) is 4.32. The van der Waals surface area contributed by atoms with Gasteiger partial charge in [0.2, 0.25) is 0 Å². The van der Waals surface area contributed by atoms with Crippen LogP contribution in [0.1, 0.15) is 12.8 Å². The first kappa shape index (κ1) is 10.9. The quantitative estimate of drug-likeness (QED) is 0.637. The van der Waals surface area contributed by atoms with Gasteiger partial charge in [-0.2, -0.15) is 8.42 Å². The lowest BCUT2D eigenvalue weighted by atomic mass is 10.1. The van der Waals surface area contributed by atoms with Crippen LogP contribution in [-0.2, 0) is 14.3 Å². The molecule has 1 N–H and O–H groups in total. The monoisotopic (exact) mass is 208 g/mol. The highest BCUT2D eigenvalue weighted by molar-refractivity contribution is 7.86. The molecular weight excluding hydrogens is 192 g/mol. The number of nitrogens with zero attached hydrogens (tertiary/aromatic N) is 1. The van der Waals surface area contributed by atoms with Gasteiger partial charge in [-0.25, -0.2) is 5.01 Å². The van der Waals surface area contributed by atoms with Crippen LogP contribution in [0.25, 0.3) is 0 Å². The molecule has 0 aromatic heterocycles. The first-order valence-corrected chi connectivity index (χ1v) is 6.13. The molecule has 0 aliphatic carbocycles. The van der Waals surface area contributed by atoms with Crippen LogP contribution in [0.5, 0.6) is 0 Å². The van der Waals surface area contributed by atoms with E-state index in [0.717, 1.165) is 25.6 Å². The van der Waals surface area contributed by atoms with Crippen LogP contribution >= 0.6 is 0 Å². The second-order valence-corrected chi connectivity index (χ2v) is 4.83. The lowest BCUT2D eigenvalue weighted by Crippen LogP contribution is -2.46. The Labute approximate surface area is 79.2 Å². The van der Waals surface area contributed by atoms with E-state index in [1.807, 2.05) is 12.1 Å². The van der Waals surface area contributed by atoms with Crippen molar-refractivity contribution in [2.75, 3.05) is 26.4 Å². The lowest BCUT2D eigenvalue weighted by Gasteiger charge is -2.30. The van der Waals surface area contributed by atoms with E-state index in [1.165, 1.54) is 0 Å². The Kier molecular flexibility index (Phi) is 3.66. The zero-order valence-electron chi connectivity index (χ0n) is 7.99. The van der Waals surface area contributed by atoms with Crippen molar-refractivity contribution in [2.45, 2.75) is 18.9 Å². The molecule has 1 aliphatic rings. The Hall–Kier alpha value is -0.170. The Bertz CT molecular complexity index is 252. The van der Waals surface area contributed by atoms with Crippen LogP contribution in [0, 0.1) is 0 Å². The number of rotatable bonds is 3. The highest BCUT2D eigenvalue weighted by Gasteiger charge is 2.22. The summed E-state index contributed by atoms with van der Waals surface area (Å²) >= 11 is 0. The van der Waals surface area contributed by atoms with E-state index in [0.29, 0.717) is 6.54 Å². The Balaban J connectivity index is 2.43. The maximum atomic E-state index is 10.8. The average Bonchev–Trinajstić information content (AvgIpc) is 2.01. The van der Waals surface area contributed by atoms with E-state index in [1.54, 1.807) is 0 Å². The summed E-state index contributed by atoms with van der Waals surface area (Å²) in [5.74, 6) is 0. The summed E-state index contributed by atoms with van der Waals surface area (Å²) in [6, 6.07) is 0. The Morgan fingerprint density at radius 2 is 2.23 bits per heavy atom. The summed E-state index contributed by atoms with van der Waals surface area (Å²) in [5, 5.41) is 1.96. The van der Waals surface area contributed by atoms with Crippen LogP contribution in [0.15, 0.2) is 0 Å². The Morgan fingerprint density at radius 1 is 1.54 bits per heavy atom. The summed E-state index contributed by atoms with van der Waals surface area (Å²) < 4.78 is 26.6. The van der Waals surface area contributed by atoms with Gasteiger partial charge in [0.15, 0.2) is 0 Å². The van der Waals surface area contributed by atoms with E-state index in [2.05, 4.69) is 5.43 Å². The van der Waals surface area contributed by atoms with E-state index >= 15 is 0 Å². The average molecular weight is 208 g/mol. The number of hydrogen-bond donors (Lipinski definition) is 1. The van der Waals surface area contributed by atoms with Gasteiger partial charge in [-0.15, -0.1) is 0 Å². The molecule has 1 aliphatic heterocycles. The molecule has 0 aromatic rings. The maximum absolute atomic E-state index is 10.8. The van der Waals surface area contributed by atoms with Gasteiger partial charge in [0.05, 0.1) is 12.4 Å². The van der Waals surface area contributed by atoms with Gasteiger partial charge in [0.25, 0.3) is 10.1 Å². The predicted molar refractivity (Wildman–Crippen MR) is 49.6 cm³/mol. The van der Waals surface area contributed by atoms with Crippen LogP contribution in [-0.4, -0.2) is 45.9 Å². The minimum Gasteiger partial charge on any atom is -0.266 e. The van der Waals surface area contributed by atoms with Crippen molar-refractivity contribution in [3.8, 4) is 0 Å². The minimum atomic E-state index is -3.31. The molecular formula is C7H16N2O3S. The maximum Gasteiger partial charge on any atom is 0.264 e. The summed E-state index contributed by atoms with van der Waals surface area (Å²) in [4.78, 5) is 0. The Morgan fingerprint density at radius 3 is 2.77 bits per heavy atom. The first-order chi connectivity index (χ1) is 6.01. The van der Waals surface area contributed by atoms with Gasteiger partial charge in [0.1, 0.15) is 0 Å². The van der Waals surface area contributed by atoms with Crippen molar-refractivity contribution in [1.29, 1.82) is 0 Å². The molecule has 1 atom stereocenters. The molecule has 0 radical (unpaired) electrons. The number of hydrazine groups is 1. The molecule has 1 heterocycles. The second kappa shape index (κ2) is 4.36. The van der Waals surface area contributed by atoms with Gasteiger partial charge in [0, 0.05) is 13.1 Å². The molecule has 0 aromatic carbocycles. The zero-order chi connectivity index (χ0) is 9.90. The normalized spacial score (nSPS) is 26.2. The zero-order valence-corrected chi connectivity index (χ0v) is 8.80. The second-order valence-electron chi connectivity index (χ2n) is 3.23. The van der Waals surface area contributed by atoms with E-state index in [9.17, 15) is 8.42 Å². The highest BCUT2D eigenvalue weighted by atomic mass is 32.2. The third kappa shape index (κ3) is 4.04. The number of hydrogen-bond acceptors (Lipinski definition) is 5. The SMILES string of the molecule is CNN1CCCC(OS(C)(=O)=O)C1. The molecule has 78 valence electrons. The van der Waals surface area contributed by atoms with Crippen molar-refractivity contribution in [1.82, 2.24) is 10.4 Å². The molecule has 0 spiro atoms. The smallest absolute Gasteiger partial charge is 0.264 e. The molecule has 1 fully saturated rings.